The number of hydrogen-bond donors (Lipinski definition) is 2. The van der Waals surface area contributed by atoms with Crippen LogP contribution < -0.4 is 11.3 Å². The van der Waals surface area contributed by atoms with Crippen LogP contribution in [0.25, 0.3) is 0 Å². The number of thiophene rings is 1. The van der Waals surface area contributed by atoms with Crippen LogP contribution in [0, 0.1) is 6.92 Å². The molecule has 0 fully saturated rings. The van der Waals surface area contributed by atoms with Crippen molar-refractivity contribution in [3.05, 3.63) is 37.2 Å². The van der Waals surface area contributed by atoms with Crippen LogP contribution >= 0.6 is 38.9 Å². The van der Waals surface area contributed by atoms with Crippen molar-refractivity contribution in [3.63, 3.8) is 0 Å². The maximum atomic E-state index is 6.23. The molecule has 0 amide bonds. The fourth-order valence-electron chi connectivity index (χ4n) is 1.86. The molecule has 0 bridgehead atoms. The van der Waals surface area contributed by atoms with E-state index in [4.69, 9.17) is 17.4 Å². The quantitative estimate of drug-likeness (QED) is 0.659. The normalized spacial score (nSPS) is 12.9. The van der Waals surface area contributed by atoms with Crippen molar-refractivity contribution in [2.75, 3.05) is 0 Å². The Hall–Kier alpha value is -0.400. The highest BCUT2D eigenvalue weighted by Crippen LogP contribution is 2.30. The van der Waals surface area contributed by atoms with Gasteiger partial charge in [-0.05, 0) is 35.3 Å². The van der Waals surface area contributed by atoms with E-state index < -0.39 is 0 Å². The minimum absolute atomic E-state index is 0.0432. The van der Waals surface area contributed by atoms with E-state index in [-0.39, 0.29) is 6.04 Å². The van der Waals surface area contributed by atoms with E-state index in [0.717, 1.165) is 22.2 Å². The lowest BCUT2D eigenvalue weighted by molar-refractivity contribution is 0.559. The summed E-state index contributed by atoms with van der Waals surface area (Å²) in [5, 5.41) is 7.02. The lowest BCUT2D eigenvalue weighted by Gasteiger charge is -2.14. The number of hydrogen-bond acceptors (Lipinski definition) is 4. The first-order valence-corrected chi connectivity index (χ1v) is 7.46. The average molecular weight is 350 g/mol. The molecule has 3 N–H and O–H groups in total. The summed E-state index contributed by atoms with van der Waals surface area (Å²) in [6.45, 7) is 1.96. The summed E-state index contributed by atoms with van der Waals surface area (Å²) >= 11 is 11.3. The Morgan fingerprint density at radius 2 is 2.39 bits per heavy atom. The number of nitrogens with one attached hydrogen (secondary N) is 1. The Kier molecular flexibility index (Phi) is 4.45. The van der Waals surface area contributed by atoms with Crippen LogP contribution in [0.15, 0.2) is 15.9 Å². The van der Waals surface area contributed by atoms with Crippen LogP contribution in [0.1, 0.15) is 22.2 Å². The SMILES string of the molecule is Cc1nn(C)c(Cl)c1CC(NN)c1cc(Br)cs1. The monoisotopic (exact) mass is 348 g/mol. The maximum Gasteiger partial charge on any atom is 0.130 e. The van der Waals surface area contributed by atoms with Gasteiger partial charge in [0.2, 0.25) is 0 Å². The average Bonchev–Trinajstić information content (AvgIpc) is 2.84. The molecule has 0 saturated carbocycles. The minimum Gasteiger partial charge on any atom is -0.271 e. The highest BCUT2D eigenvalue weighted by atomic mass is 79.9. The van der Waals surface area contributed by atoms with E-state index in [1.54, 1.807) is 16.0 Å². The second-order valence-corrected chi connectivity index (χ2v) is 6.29. The lowest BCUT2D eigenvalue weighted by Crippen LogP contribution is -2.29. The Labute approximate surface area is 123 Å². The number of aryl methyl sites for hydroxylation is 2. The Bertz CT molecular complexity index is 551. The van der Waals surface area contributed by atoms with Crippen LogP contribution in [0.2, 0.25) is 5.15 Å². The first kappa shape index (κ1) is 14.0. The van der Waals surface area contributed by atoms with E-state index in [9.17, 15) is 0 Å². The summed E-state index contributed by atoms with van der Waals surface area (Å²) in [6, 6.07) is 2.11. The van der Waals surface area contributed by atoms with Gasteiger partial charge in [-0.2, -0.15) is 5.10 Å². The number of nitrogens with zero attached hydrogens (tertiary/aromatic N) is 2. The highest BCUT2D eigenvalue weighted by Gasteiger charge is 2.18. The second kappa shape index (κ2) is 5.71. The molecular formula is C11H14BrClN4S. The molecule has 7 heteroatoms. The van der Waals surface area contributed by atoms with Gasteiger partial charge in [0.25, 0.3) is 0 Å². The van der Waals surface area contributed by atoms with Crippen molar-refractivity contribution in [3.8, 4) is 0 Å². The number of nitrogens with two attached hydrogens (primary N) is 1. The predicted octanol–water partition coefficient (Wildman–Crippen LogP) is 2.95. The molecule has 0 spiro atoms. The first-order valence-electron chi connectivity index (χ1n) is 5.41. The van der Waals surface area contributed by atoms with Gasteiger partial charge in [0.05, 0.1) is 11.7 Å². The number of rotatable bonds is 4. The van der Waals surface area contributed by atoms with Crippen molar-refractivity contribution in [1.82, 2.24) is 15.2 Å². The fraction of sp³-hybridized carbons (Fsp3) is 0.364. The molecule has 2 aromatic rings. The van der Waals surface area contributed by atoms with E-state index in [1.165, 1.54) is 4.88 Å². The first-order chi connectivity index (χ1) is 8.52. The number of aromatic nitrogens is 2. The van der Waals surface area contributed by atoms with E-state index >= 15 is 0 Å². The molecular weight excluding hydrogens is 336 g/mol. The van der Waals surface area contributed by atoms with Crippen molar-refractivity contribution in [1.29, 1.82) is 0 Å². The van der Waals surface area contributed by atoms with E-state index in [1.807, 2.05) is 19.4 Å². The zero-order chi connectivity index (χ0) is 13.3. The van der Waals surface area contributed by atoms with Gasteiger partial charge < -0.3 is 0 Å². The second-order valence-electron chi connectivity index (χ2n) is 4.07. The molecule has 2 heterocycles. The van der Waals surface area contributed by atoms with Crippen molar-refractivity contribution in [2.24, 2.45) is 12.9 Å². The number of hydrazine groups is 1. The molecule has 0 aromatic carbocycles. The van der Waals surface area contributed by atoms with Gasteiger partial charge in [-0.15, -0.1) is 11.3 Å². The van der Waals surface area contributed by atoms with Crippen molar-refractivity contribution >= 4 is 38.9 Å². The molecule has 0 saturated heterocycles. The summed E-state index contributed by atoms with van der Waals surface area (Å²) in [7, 11) is 1.84. The van der Waals surface area contributed by atoms with Crippen molar-refractivity contribution in [2.45, 2.75) is 19.4 Å². The molecule has 1 atom stereocenters. The third-order valence-electron chi connectivity index (χ3n) is 2.81. The molecule has 0 aliphatic rings. The minimum atomic E-state index is 0.0432. The summed E-state index contributed by atoms with van der Waals surface area (Å²) in [5.74, 6) is 5.64. The van der Waals surface area contributed by atoms with Gasteiger partial charge in [-0.3, -0.25) is 16.0 Å². The predicted molar refractivity (Wildman–Crippen MR) is 78.7 cm³/mol. The smallest absolute Gasteiger partial charge is 0.130 e. The molecule has 98 valence electrons. The number of halogens is 2. The maximum absolute atomic E-state index is 6.23. The molecule has 0 aliphatic heterocycles. The van der Waals surface area contributed by atoms with Crippen LogP contribution in [-0.4, -0.2) is 9.78 Å². The molecule has 18 heavy (non-hydrogen) atoms. The molecule has 2 rings (SSSR count). The van der Waals surface area contributed by atoms with Gasteiger partial charge >= 0.3 is 0 Å². The van der Waals surface area contributed by atoms with Crippen LogP contribution in [0.4, 0.5) is 0 Å². The molecule has 4 nitrogen and oxygen atoms in total. The zero-order valence-corrected chi connectivity index (χ0v) is 13.2. The van der Waals surface area contributed by atoms with Gasteiger partial charge in [-0.1, -0.05) is 11.6 Å². The summed E-state index contributed by atoms with van der Waals surface area (Å²) in [6.07, 6.45) is 0.724. The van der Waals surface area contributed by atoms with Crippen LogP contribution in [0.3, 0.4) is 0 Å². The third kappa shape index (κ3) is 2.78. The van der Waals surface area contributed by atoms with Gasteiger partial charge in [0, 0.05) is 27.3 Å². The van der Waals surface area contributed by atoms with E-state index in [2.05, 4.69) is 32.5 Å². The standard InChI is InChI=1S/C11H14BrClN4S/c1-6-8(11(13)17(2)16-6)4-9(15-14)10-3-7(12)5-18-10/h3,5,9,15H,4,14H2,1-2H3. The van der Waals surface area contributed by atoms with E-state index in [0.29, 0.717) is 5.15 Å². The topological polar surface area (TPSA) is 55.9 Å². The van der Waals surface area contributed by atoms with Gasteiger partial charge in [-0.25, -0.2) is 0 Å². The molecule has 0 radical (unpaired) electrons. The Morgan fingerprint density at radius 3 is 2.83 bits per heavy atom. The van der Waals surface area contributed by atoms with Crippen LogP contribution in [-0.2, 0) is 13.5 Å². The molecule has 2 aromatic heterocycles. The summed E-state index contributed by atoms with van der Waals surface area (Å²) < 4.78 is 2.75. The Balaban J connectivity index is 2.25. The van der Waals surface area contributed by atoms with Gasteiger partial charge in [0.1, 0.15) is 5.15 Å². The largest absolute Gasteiger partial charge is 0.271 e. The fourth-order valence-corrected chi connectivity index (χ4v) is 3.62. The third-order valence-corrected chi connectivity index (χ3v) is 5.09. The summed E-state index contributed by atoms with van der Waals surface area (Å²) in [5.41, 5.74) is 4.81. The summed E-state index contributed by atoms with van der Waals surface area (Å²) in [4.78, 5) is 1.17. The highest BCUT2D eigenvalue weighted by molar-refractivity contribution is 9.10. The van der Waals surface area contributed by atoms with Gasteiger partial charge in [0.15, 0.2) is 0 Å². The lowest BCUT2D eigenvalue weighted by atomic mass is 10.1. The van der Waals surface area contributed by atoms with Crippen LogP contribution in [0.5, 0.6) is 0 Å². The zero-order valence-electron chi connectivity index (χ0n) is 10.1. The van der Waals surface area contributed by atoms with Crippen molar-refractivity contribution < 1.29 is 0 Å². The molecule has 0 aliphatic carbocycles. The Morgan fingerprint density at radius 1 is 1.67 bits per heavy atom. The molecule has 1 unspecified atom stereocenters.